The molecular formula is C29H38NO7PS. The molecule has 1 N–H and O–H groups in total. The minimum absolute atomic E-state index is 0.0614. The van der Waals surface area contributed by atoms with Crippen LogP contribution in [0, 0.1) is 6.92 Å². The highest BCUT2D eigenvalue weighted by molar-refractivity contribution is 7.80. The molecule has 2 aromatic carbocycles. The fraction of sp³-hybridized carbons (Fsp3) is 0.448. The average Bonchev–Trinajstić information content (AvgIpc) is 3.29. The van der Waals surface area contributed by atoms with E-state index >= 15 is 0 Å². The summed E-state index contributed by atoms with van der Waals surface area (Å²) in [5.41, 5.74) is 5.17. The van der Waals surface area contributed by atoms with E-state index in [2.05, 4.69) is 24.6 Å². The molecule has 0 aliphatic carbocycles. The van der Waals surface area contributed by atoms with Gasteiger partial charge in [0.2, 0.25) is 0 Å². The summed E-state index contributed by atoms with van der Waals surface area (Å²) in [4.78, 5) is 24.9. The average molecular weight is 576 g/mol. The van der Waals surface area contributed by atoms with E-state index in [1.54, 1.807) is 38.1 Å². The Labute approximate surface area is 236 Å². The third-order valence-corrected chi connectivity index (χ3v) is 8.84. The molecule has 0 spiro atoms. The fourth-order valence-electron chi connectivity index (χ4n) is 4.67. The number of ether oxygens (including phenoxy) is 3. The van der Waals surface area contributed by atoms with Crippen molar-refractivity contribution in [2.45, 2.75) is 60.1 Å². The zero-order valence-electron chi connectivity index (χ0n) is 23.2. The third kappa shape index (κ3) is 7.68. The number of carbonyl (C=O) groups excluding carboxylic acids is 2. The first-order valence-corrected chi connectivity index (χ1v) is 15.6. The maximum atomic E-state index is 14.0. The number of carbonyl (C=O) groups is 2. The van der Waals surface area contributed by atoms with Crippen molar-refractivity contribution in [1.29, 1.82) is 0 Å². The lowest BCUT2D eigenvalue weighted by Crippen LogP contribution is -2.35. The van der Waals surface area contributed by atoms with Gasteiger partial charge >= 0.3 is 19.5 Å². The number of fused-ring (bicyclic) bond motifs is 1. The van der Waals surface area contributed by atoms with Crippen LogP contribution in [0.1, 0.15) is 60.3 Å². The Morgan fingerprint density at radius 2 is 1.95 bits per heavy atom. The molecule has 0 bridgehead atoms. The number of hydrogen-bond donors (Lipinski definition) is 2. The van der Waals surface area contributed by atoms with Gasteiger partial charge in [-0.25, -0.2) is 9.88 Å². The molecule has 0 fully saturated rings. The number of benzene rings is 2. The van der Waals surface area contributed by atoms with Crippen LogP contribution in [0.15, 0.2) is 42.0 Å². The standard InChI is InChI=1S/C29H38NO7PS/c1-6-23-20(4)25-17-36-29(32)26(25)27(35-15-16-39)24(23)14-13-19(3)18-38(33,30-21(5)28(31)34-7-2)37-22-11-9-8-10-12-22/h8-13,21,39H,6-7,14-18H2,1-5H3,(H,30,33)/b19-13+/t21-,38?/m0/s1. The summed E-state index contributed by atoms with van der Waals surface area (Å²) in [6.07, 6.45) is 3.23. The van der Waals surface area contributed by atoms with Crippen LogP contribution >= 0.6 is 20.1 Å². The van der Waals surface area contributed by atoms with E-state index in [9.17, 15) is 14.2 Å². The van der Waals surface area contributed by atoms with E-state index in [0.717, 1.165) is 34.2 Å². The monoisotopic (exact) mass is 575 g/mol. The molecule has 2 aromatic rings. The van der Waals surface area contributed by atoms with Crippen LogP contribution in [0.2, 0.25) is 0 Å². The number of esters is 2. The number of thiol groups is 1. The molecule has 0 saturated heterocycles. The Hall–Kier alpha value is -2.74. The Balaban J connectivity index is 1.94. The van der Waals surface area contributed by atoms with Gasteiger partial charge in [-0.1, -0.05) is 36.8 Å². The van der Waals surface area contributed by atoms with E-state index < -0.39 is 19.5 Å². The zero-order valence-corrected chi connectivity index (χ0v) is 25.0. The van der Waals surface area contributed by atoms with Gasteiger partial charge in [-0.05, 0) is 63.8 Å². The van der Waals surface area contributed by atoms with Gasteiger partial charge in [-0.3, -0.25) is 9.36 Å². The van der Waals surface area contributed by atoms with E-state index in [1.165, 1.54) is 0 Å². The molecule has 1 unspecified atom stereocenters. The number of rotatable bonds is 14. The first-order chi connectivity index (χ1) is 18.6. The van der Waals surface area contributed by atoms with Crippen LogP contribution in [0.3, 0.4) is 0 Å². The fourth-order valence-corrected chi connectivity index (χ4v) is 6.91. The summed E-state index contributed by atoms with van der Waals surface area (Å²) in [5, 5.41) is 2.89. The lowest BCUT2D eigenvalue weighted by Gasteiger charge is -2.24. The van der Waals surface area contributed by atoms with Crippen LogP contribution in [-0.4, -0.2) is 43.1 Å². The summed E-state index contributed by atoms with van der Waals surface area (Å²) < 4.78 is 36.5. The molecule has 8 nitrogen and oxygen atoms in total. The highest BCUT2D eigenvalue weighted by Gasteiger charge is 2.33. The Bertz CT molecular complexity index is 1260. The summed E-state index contributed by atoms with van der Waals surface area (Å²) >= 11 is 4.27. The Morgan fingerprint density at radius 1 is 1.23 bits per heavy atom. The van der Waals surface area contributed by atoms with Gasteiger partial charge in [0.15, 0.2) is 0 Å². The molecule has 2 atom stereocenters. The minimum Gasteiger partial charge on any atom is -0.492 e. The lowest BCUT2D eigenvalue weighted by atomic mass is 9.89. The highest BCUT2D eigenvalue weighted by Crippen LogP contribution is 2.46. The second-order valence-corrected chi connectivity index (χ2v) is 11.9. The number of hydrogen-bond acceptors (Lipinski definition) is 8. The van der Waals surface area contributed by atoms with Gasteiger partial charge in [0.1, 0.15) is 29.7 Å². The van der Waals surface area contributed by atoms with Crippen molar-refractivity contribution in [3.63, 3.8) is 0 Å². The van der Waals surface area contributed by atoms with Gasteiger partial charge in [0.25, 0.3) is 0 Å². The van der Waals surface area contributed by atoms with Crippen LogP contribution in [-0.2, 0) is 38.3 Å². The molecule has 10 heteroatoms. The van der Waals surface area contributed by atoms with Crippen LogP contribution in [0.4, 0.5) is 0 Å². The second kappa shape index (κ2) is 14.1. The zero-order chi connectivity index (χ0) is 28.6. The summed E-state index contributed by atoms with van der Waals surface area (Å²) in [5.74, 6) is 0.573. The quantitative estimate of drug-likeness (QED) is 0.126. The molecule has 0 saturated carbocycles. The number of allylic oxidation sites excluding steroid dienone is 2. The summed E-state index contributed by atoms with van der Waals surface area (Å²) in [7, 11) is -3.57. The van der Waals surface area contributed by atoms with E-state index in [1.807, 2.05) is 26.0 Å². The largest absolute Gasteiger partial charge is 0.492 e. The van der Waals surface area contributed by atoms with E-state index in [4.69, 9.17) is 18.7 Å². The number of para-hydroxylation sites is 1. The molecule has 212 valence electrons. The van der Waals surface area contributed by atoms with Crippen molar-refractivity contribution < 1.29 is 32.9 Å². The molecule has 0 radical (unpaired) electrons. The first kappa shape index (κ1) is 30.8. The molecular weight excluding hydrogens is 537 g/mol. The van der Waals surface area contributed by atoms with E-state index in [0.29, 0.717) is 35.8 Å². The molecule has 1 aliphatic rings. The molecule has 0 aromatic heterocycles. The van der Waals surface area contributed by atoms with Crippen LogP contribution < -0.4 is 14.3 Å². The topological polar surface area (TPSA) is 100 Å². The van der Waals surface area contributed by atoms with Gasteiger partial charge in [-0.15, -0.1) is 0 Å². The minimum atomic E-state index is -3.57. The second-order valence-electron chi connectivity index (χ2n) is 9.36. The third-order valence-electron chi connectivity index (χ3n) is 6.45. The van der Waals surface area contributed by atoms with Crippen LogP contribution in [0.25, 0.3) is 0 Å². The van der Waals surface area contributed by atoms with Crippen LogP contribution in [0.5, 0.6) is 11.5 Å². The van der Waals surface area contributed by atoms with Crippen molar-refractivity contribution >= 4 is 32.1 Å². The van der Waals surface area contributed by atoms with Crippen molar-refractivity contribution in [3.8, 4) is 11.5 Å². The SMILES string of the molecule is CCOC(=O)[C@H](C)NP(=O)(C/C(C)=C/Cc1c(CC)c(C)c2c(c1OCCS)C(=O)OC2)Oc1ccccc1. The summed E-state index contributed by atoms with van der Waals surface area (Å²) in [6, 6.07) is 8.02. The first-order valence-electron chi connectivity index (χ1n) is 13.2. The molecule has 1 heterocycles. The predicted molar refractivity (Wildman–Crippen MR) is 155 cm³/mol. The smallest absolute Gasteiger partial charge is 0.342 e. The molecule has 3 rings (SSSR count). The van der Waals surface area contributed by atoms with E-state index in [-0.39, 0.29) is 25.3 Å². The summed E-state index contributed by atoms with van der Waals surface area (Å²) in [6.45, 7) is 10.1. The Morgan fingerprint density at radius 3 is 2.59 bits per heavy atom. The van der Waals surface area contributed by atoms with Gasteiger partial charge in [-0.2, -0.15) is 12.6 Å². The predicted octanol–water partition coefficient (Wildman–Crippen LogP) is 5.84. The van der Waals surface area contributed by atoms with Crippen molar-refractivity contribution in [2.24, 2.45) is 0 Å². The van der Waals surface area contributed by atoms with Crippen molar-refractivity contribution in [3.05, 3.63) is 69.8 Å². The lowest BCUT2D eigenvalue weighted by molar-refractivity contribution is -0.144. The Kier molecular flexibility index (Phi) is 11.1. The molecule has 39 heavy (non-hydrogen) atoms. The maximum absolute atomic E-state index is 14.0. The van der Waals surface area contributed by atoms with Gasteiger partial charge in [0.05, 0.1) is 19.4 Å². The van der Waals surface area contributed by atoms with Gasteiger partial charge in [0, 0.05) is 16.9 Å². The number of nitrogens with one attached hydrogen (secondary N) is 1. The van der Waals surface area contributed by atoms with Crippen molar-refractivity contribution in [2.75, 3.05) is 25.1 Å². The van der Waals surface area contributed by atoms with Crippen molar-refractivity contribution in [1.82, 2.24) is 5.09 Å². The maximum Gasteiger partial charge on any atom is 0.342 e. The normalized spacial score (nSPS) is 15.2. The highest BCUT2D eigenvalue weighted by atomic mass is 32.1. The molecule has 0 amide bonds. The van der Waals surface area contributed by atoms with Gasteiger partial charge < -0.3 is 18.7 Å². The number of cyclic esters (lactones) is 1. The molecule has 1 aliphatic heterocycles.